The van der Waals surface area contributed by atoms with E-state index in [2.05, 4.69) is 15.1 Å². The van der Waals surface area contributed by atoms with Crippen LogP contribution in [0.15, 0.2) is 53.7 Å². The van der Waals surface area contributed by atoms with Gasteiger partial charge in [0.05, 0.1) is 17.9 Å². The molecule has 0 saturated carbocycles. The lowest BCUT2D eigenvalue weighted by Crippen LogP contribution is -2.51. The molecule has 0 spiro atoms. The van der Waals surface area contributed by atoms with Crippen molar-refractivity contribution in [2.24, 2.45) is 0 Å². The minimum absolute atomic E-state index is 0.199. The summed E-state index contributed by atoms with van der Waals surface area (Å²) in [4.78, 5) is 21.4. The van der Waals surface area contributed by atoms with Gasteiger partial charge in [-0.25, -0.2) is 23.4 Å². The Bertz CT molecular complexity index is 985. The SMILES string of the molecule is O=c1ccc(-c2cccc(F)c2)nn1C1CN(c2ncncc2F)C1. The molecule has 0 unspecified atom stereocenters. The van der Waals surface area contributed by atoms with Crippen LogP contribution in [0.25, 0.3) is 11.3 Å². The van der Waals surface area contributed by atoms with Crippen LogP contribution in [0.3, 0.4) is 0 Å². The van der Waals surface area contributed by atoms with Gasteiger partial charge in [-0.05, 0) is 18.2 Å². The lowest BCUT2D eigenvalue weighted by molar-refractivity contribution is 0.349. The summed E-state index contributed by atoms with van der Waals surface area (Å²) < 4.78 is 28.5. The Morgan fingerprint density at radius 3 is 2.72 bits per heavy atom. The number of rotatable bonds is 3. The van der Waals surface area contributed by atoms with Crippen molar-refractivity contribution in [2.45, 2.75) is 6.04 Å². The lowest BCUT2D eigenvalue weighted by atomic mass is 10.1. The number of aromatic nitrogens is 4. The quantitative estimate of drug-likeness (QED) is 0.729. The molecule has 126 valence electrons. The monoisotopic (exact) mass is 341 g/mol. The van der Waals surface area contributed by atoms with Crippen molar-refractivity contribution < 1.29 is 8.78 Å². The molecule has 0 bridgehead atoms. The van der Waals surface area contributed by atoms with E-state index in [0.717, 1.165) is 6.20 Å². The Labute approximate surface area is 141 Å². The number of nitrogens with zero attached hydrogens (tertiary/aromatic N) is 5. The average Bonchev–Trinajstić information content (AvgIpc) is 2.57. The molecule has 1 aliphatic rings. The normalized spacial score (nSPS) is 14.4. The molecule has 3 aromatic rings. The third kappa shape index (κ3) is 2.86. The van der Waals surface area contributed by atoms with E-state index in [1.165, 1.54) is 29.2 Å². The summed E-state index contributed by atoms with van der Waals surface area (Å²) >= 11 is 0. The number of benzene rings is 1. The minimum atomic E-state index is -0.505. The molecule has 25 heavy (non-hydrogen) atoms. The summed E-state index contributed by atoms with van der Waals surface area (Å²) in [6, 6.07) is 8.79. The van der Waals surface area contributed by atoms with Crippen LogP contribution in [0, 0.1) is 11.6 Å². The highest BCUT2D eigenvalue weighted by Gasteiger charge is 2.32. The molecular weight excluding hydrogens is 328 g/mol. The van der Waals surface area contributed by atoms with Crippen LogP contribution in [0.1, 0.15) is 6.04 Å². The van der Waals surface area contributed by atoms with Crippen LogP contribution < -0.4 is 10.5 Å². The van der Waals surface area contributed by atoms with E-state index in [-0.39, 0.29) is 23.2 Å². The molecule has 0 radical (unpaired) electrons. The molecule has 1 saturated heterocycles. The molecule has 3 heterocycles. The van der Waals surface area contributed by atoms with Crippen LogP contribution in [0.5, 0.6) is 0 Å². The van der Waals surface area contributed by atoms with Gasteiger partial charge in [-0.1, -0.05) is 12.1 Å². The second-order valence-electron chi connectivity index (χ2n) is 5.76. The summed E-state index contributed by atoms with van der Waals surface area (Å²) in [7, 11) is 0. The molecule has 6 nitrogen and oxygen atoms in total. The van der Waals surface area contributed by atoms with Gasteiger partial charge in [0.25, 0.3) is 5.56 Å². The van der Waals surface area contributed by atoms with E-state index in [0.29, 0.717) is 24.3 Å². The van der Waals surface area contributed by atoms with Crippen molar-refractivity contribution in [1.82, 2.24) is 19.7 Å². The summed E-state index contributed by atoms with van der Waals surface area (Å²) in [6.45, 7) is 0.820. The van der Waals surface area contributed by atoms with E-state index in [9.17, 15) is 13.6 Å². The smallest absolute Gasteiger partial charge is 0.267 e. The zero-order valence-electron chi connectivity index (χ0n) is 13.0. The predicted molar refractivity (Wildman–Crippen MR) is 87.1 cm³/mol. The Hall–Kier alpha value is -3.16. The predicted octanol–water partition coefficient (Wildman–Crippen LogP) is 2.04. The number of anilines is 1. The maximum atomic E-state index is 13.7. The first-order valence-electron chi connectivity index (χ1n) is 7.68. The van der Waals surface area contributed by atoms with E-state index >= 15 is 0 Å². The molecule has 8 heteroatoms. The van der Waals surface area contributed by atoms with Crippen molar-refractivity contribution >= 4 is 5.82 Å². The molecule has 4 rings (SSSR count). The molecular formula is C17H13F2N5O. The molecule has 0 amide bonds. The van der Waals surface area contributed by atoms with Gasteiger partial charge in [-0.15, -0.1) is 0 Å². The topological polar surface area (TPSA) is 63.9 Å². The van der Waals surface area contributed by atoms with Crippen LogP contribution in [-0.2, 0) is 0 Å². The van der Waals surface area contributed by atoms with Crippen LogP contribution in [0.2, 0.25) is 0 Å². The first kappa shape index (κ1) is 15.4. The molecule has 1 aliphatic heterocycles. The molecule has 0 aliphatic carbocycles. The summed E-state index contributed by atoms with van der Waals surface area (Å²) in [5.74, 6) is -0.665. The fourth-order valence-electron chi connectivity index (χ4n) is 2.81. The fraction of sp³-hybridized carbons (Fsp3) is 0.176. The zero-order chi connectivity index (χ0) is 17.4. The molecule has 1 fully saturated rings. The average molecular weight is 341 g/mol. The van der Waals surface area contributed by atoms with Crippen molar-refractivity contribution in [2.75, 3.05) is 18.0 Å². The van der Waals surface area contributed by atoms with Gasteiger partial charge in [0, 0.05) is 24.7 Å². The number of hydrogen-bond donors (Lipinski definition) is 0. The van der Waals surface area contributed by atoms with E-state index in [4.69, 9.17) is 0 Å². The standard InChI is InChI=1S/C17H13F2N5O/c18-12-3-1-2-11(6-12)15-4-5-16(25)24(22-15)13-8-23(9-13)17-14(19)7-20-10-21-17/h1-7,10,13H,8-9H2. The van der Waals surface area contributed by atoms with E-state index in [1.807, 2.05) is 0 Å². The third-order valence-corrected chi connectivity index (χ3v) is 4.10. The fourth-order valence-corrected chi connectivity index (χ4v) is 2.81. The van der Waals surface area contributed by atoms with Gasteiger partial charge in [-0.3, -0.25) is 4.79 Å². The first-order valence-corrected chi connectivity index (χ1v) is 7.68. The van der Waals surface area contributed by atoms with E-state index in [1.54, 1.807) is 23.1 Å². The Morgan fingerprint density at radius 2 is 1.96 bits per heavy atom. The summed E-state index contributed by atoms with van der Waals surface area (Å²) in [5.41, 5.74) is 0.838. The maximum Gasteiger partial charge on any atom is 0.267 e. The Morgan fingerprint density at radius 1 is 1.12 bits per heavy atom. The molecule has 0 N–H and O–H groups in total. The summed E-state index contributed by atoms with van der Waals surface area (Å²) in [5, 5.41) is 4.34. The first-order chi connectivity index (χ1) is 12.1. The molecule has 1 aromatic carbocycles. The second kappa shape index (κ2) is 6.04. The zero-order valence-corrected chi connectivity index (χ0v) is 13.0. The van der Waals surface area contributed by atoms with Crippen LogP contribution in [0.4, 0.5) is 14.6 Å². The summed E-state index contributed by atoms with van der Waals surface area (Å²) in [6.07, 6.45) is 2.38. The minimum Gasteiger partial charge on any atom is -0.350 e. The van der Waals surface area contributed by atoms with Crippen LogP contribution >= 0.6 is 0 Å². The van der Waals surface area contributed by atoms with Gasteiger partial charge in [0.15, 0.2) is 11.6 Å². The van der Waals surface area contributed by atoms with Crippen molar-refractivity contribution in [3.05, 3.63) is 70.9 Å². The van der Waals surface area contributed by atoms with Gasteiger partial charge >= 0.3 is 0 Å². The Kier molecular flexibility index (Phi) is 3.72. The van der Waals surface area contributed by atoms with Gasteiger partial charge in [0.2, 0.25) is 0 Å². The number of halogens is 2. The van der Waals surface area contributed by atoms with Crippen molar-refractivity contribution in [3.63, 3.8) is 0 Å². The molecule has 0 atom stereocenters. The third-order valence-electron chi connectivity index (χ3n) is 4.10. The highest BCUT2D eigenvalue weighted by atomic mass is 19.1. The van der Waals surface area contributed by atoms with E-state index < -0.39 is 5.82 Å². The van der Waals surface area contributed by atoms with Gasteiger partial charge < -0.3 is 4.90 Å². The lowest BCUT2D eigenvalue weighted by Gasteiger charge is -2.40. The highest BCUT2D eigenvalue weighted by Crippen LogP contribution is 2.27. The highest BCUT2D eigenvalue weighted by molar-refractivity contribution is 5.58. The van der Waals surface area contributed by atoms with Crippen LogP contribution in [-0.4, -0.2) is 32.8 Å². The number of hydrogen-bond acceptors (Lipinski definition) is 5. The van der Waals surface area contributed by atoms with Crippen molar-refractivity contribution in [1.29, 1.82) is 0 Å². The maximum absolute atomic E-state index is 13.7. The van der Waals surface area contributed by atoms with Crippen molar-refractivity contribution in [3.8, 4) is 11.3 Å². The van der Waals surface area contributed by atoms with Gasteiger partial charge in [0.1, 0.15) is 12.1 Å². The molecule has 2 aromatic heterocycles. The largest absolute Gasteiger partial charge is 0.350 e. The van der Waals surface area contributed by atoms with Gasteiger partial charge in [-0.2, -0.15) is 5.10 Å². The second-order valence-corrected chi connectivity index (χ2v) is 5.76. The Balaban J connectivity index is 1.59.